The molecule has 0 unspecified atom stereocenters. The second-order valence-corrected chi connectivity index (χ2v) is 8.65. The van der Waals surface area contributed by atoms with E-state index in [1.54, 1.807) is 0 Å². The lowest BCUT2D eigenvalue weighted by molar-refractivity contribution is -0.116. The highest BCUT2D eigenvalue weighted by Crippen LogP contribution is 2.22. The summed E-state index contributed by atoms with van der Waals surface area (Å²) >= 11 is 0. The summed E-state index contributed by atoms with van der Waals surface area (Å²) in [6, 6.07) is 16.0. The standard InChI is InChI=1S/C26H29N5O3/c1-19-2-4-20(5-3-19)26-29-28-25(34-26)9-8-24(32)27-22-6-7-23-21(18-22)10-11-31(23)13-12-30-14-16-33-17-15-30/h2-7,10-11,18H,8-9,12-17H2,1H3,(H,27,32). The fourth-order valence-corrected chi connectivity index (χ4v) is 4.16. The van der Waals surface area contributed by atoms with E-state index in [-0.39, 0.29) is 12.3 Å². The van der Waals surface area contributed by atoms with Gasteiger partial charge in [-0.05, 0) is 43.3 Å². The third-order valence-electron chi connectivity index (χ3n) is 6.15. The number of nitrogens with one attached hydrogen (secondary N) is 1. The molecule has 1 aliphatic heterocycles. The number of aryl methyl sites for hydroxylation is 2. The minimum Gasteiger partial charge on any atom is -0.421 e. The van der Waals surface area contributed by atoms with Crippen LogP contribution in [0.1, 0.15) is 17.9 Å². The number of amides is 1. The topological polar surface area (TPSA) is 85.4 Å². The van der Waals surface area contributed by atoms with E-state index in [2.05, 4.69) is 43.3 Å². The zero-order valence-corrected chi connectivity index (χ0v) is 19.4. The maximum Gasteiger partial charge on any atom is 0.247 e. The van der Waals surface area contributed by atoms with Gasteiger partial charge in [0.25, 0.3) is 0 Å². The molecule has 0 spiro atoms. The van der Waals surface area contributed by atoms with Gasteiger partial charge in [0.1, 0.15) is 0 Å². The Morgan fingerprint density at radius 2 is 1.85 bits per heavy atom. The van der Waals surface area contributed by atoms with Crippen LogP contribution in [0.25, 0.3) is 22.4 Å². The van der Waals surface area contributed by atoms with E-state index in [1.807, 2.05) is 43.3 Å². The zero-order chi connectivity index (χ0) is 23.3. The van der Waals surface area contributed by atoms with Gasteiger partial charge in [0.2, 0.25) is 17.7 Å². The Balaban J connectivity index is 1.14. The molecule has 0 radical (unpaired) electrons. The van der Waals surface area contributed by atoms with Crippen LogP contribution in [-0.2, 0) is 22.5 Å². The molecular weight excluding hydrogens is 430 g/mol. The third kappa shape index (κ3) is 5.35. The van der Waals surface area contributed by atoms with E-state index in [9.17, 15) is 4.79 Å². The van der Waals surface area contributed by atoms with Gasteiger partial charge in [-0.2, -0.15) is 0 Å². The average Bonchev–Trinajstić information content (AvgIpc) is 3.49. The smallest absolute Gasteiger partial charge is 0.247 e. The summed E-state index contributed by atoms with van der Waals surface area (Å²) in [5.74, 6) is 0.846. The van der Waals surface area contributed by atoms with Gasteiger partial charge in [-0.1, -0.05) is 17.7 Å². The molecule has 34 heavy (non-hydrogen) atoms. The lowest BCUT2D eigenvalue weighted by Crippen LogP contribution is -2.38. The normalized spacial score (nSPS) is 14.5. The fourth-order valence-electron chi connectivity index (χ4n) is 4.16. The van der Waals surface area contributed by atoms with Crippen LogP contribution < -0.4 is 5.32 Å². The molecular formula is C26H29N5O3. The van der Waals surface area contributed by atoms with E-state index in [4.69, 9.17) is 9.15 Å². The maximum absolute atomic E-state index is 12.5. The minimum atomic E-state index is -0.0822. The van der Waals surface area contributed by atoms with Crippen LogP contribution >= 0.6 is 0 Å². The Kier molecular flexibility index (Phi) is 6.69. The molecule has 8 nitrogen and oxygen atoms in total. The Labute approximate surface area is 198 Å². The fraction of sp³-hybridized carbons (Fsp3) is 0.346. The summed E-state index contributed by atoms with van der Waals surface area (Å²) in [6.07, 6.45) is 2.77. The number of ether oxygens (including phenoxy) is 1. The summed E-state index contributed by atoms with van der Waals surface area (Å²) in [6.45, 7) is 7.59. The molecule has 0 atom stereocenters. The number of carbonyl (C=O) groups excluding carboxylic acids is 1. The third-order valence-corrected chi connectivity index (χ3v) is 6.15. The van der Waals surface area contributed by atoms with Crippen molar-refractivity contribution in [1.82, 2.24) is 19.7 Å². The summed E-state index contributed by atoms with van der Waals surface area (Å²) in [7, 11) is 0. The average molecular weight is 460 g/mol. The van der Waals surface area contributed by atoms with Crippen molar-refractivity contribution in [1.29, 1.82) is 0 Å². The Bertz CT molecular complexity index is 1260. The van der Waals surface area contributed by atoms with E-state index in [1.165, 1.54) is 11.1 Å². The van der Waals surface area contributed by atoms with Crippen molar-refractivity contribution in [2.75, 3.05) is 38.2 Å². The maximum atomic E-state index is 12.5. The van der Waals surface area contributed by atoms with Gasteiger partial charge in [-0.15, -0.1) is 10.2 Å². The van der Waals surface area contributed by atoms with Crippen molar-refractivity contribution in [2.45, 2.75) is 26.3 Å². The molecule has 2 aromatic carbocycles. The predicted octanol–water partition coefficient (Wildman–Crippen LogP) is 3.90. The highest BCUT2D eigenvalue weighted by atomic mass is 16.5. The van der Waals surface area contributed by atoms with Crippen LogP contribution in [0.4, 0.5) is 5.69 Å². The van der Waals surface area contributed by atoms with Gasteiger partial charge in [0.15, 0.2) is 0 Å². The van der Waals surface area contributed by atoms with E-state index < -0.39 is 0 Å². The number of hydrogen-bond donors (Lipinski definition) is 1. The van der Waals surface area contributed by atoms with Gasteiger partial charge in [-0.25, -0.2) is 0 Å². The van der Waals surface area contributed by atoms with Crippen molar-refractivity contribution in [2.24, 2.45) is 0 Å². The van der Waals surface area contributed by atoms with Crippen LogP contribution in [0, 0.1) is 6.92 Å². The molecule has 176 valence electrons. The number of fused-ring (bicyclic) bond motifs is 1. The molecule has 3 heterocycles. The van der Waals surface area contributed by atoms with Crippen LogP contribution in [0.2, 0.25) is 0 Å². The van der Waals surface area contributed by atoms with E-state index in [0.717, 1.165) is 56.0 Å². The number of nitrogens with zero attached hydrogens (tertiary/aromatic N) is 4. The van der Waals surface area contributed by atoms with E-state index >= 15 is 0 Å². The number of morpholine rings is 1. The largest absolute Gasteiger partial charge is 0.421 e. The number of carbonyl (C=O) groups is 1. The molecule has 0 saturated carbocycles. The van der Waals surface area contributed by atoms with E-state index in [0.29, 0.717) is 18.2 Å². The number of benzene rings is 2. The van der Waals surface area contributed by atoms with Crippen molar-refractivity contribution < 1.29 is 13.9 Å². The van der Waals surface area contributed by atoms with Crippen LogP contribution in [0.3, 0.4) is 0 Å². The highest BCUT2D eigenvalue weighted by molar-refractivity contribution is 5.94. The van der Waals surface area contributed by atoms with Gasteiger partial charge in [0.05, 0.1) is 13.2 Å². The first-order valence-corrected chi connectivity index (χ1v) is 11.7. The van der Waals surface area contributed by atoms with Crippen molar-refractivity contribution >= 4 is 22.5 Å². The van der Waals surface area contributed by atoms with Crippen LogP contribution in [0.5, 0.6) is 0 Å². The number of hydrogen-bond acceptors (Lipinski definition) is 6. The molecule has 1 aliphatic rings. The second kappa shape index (κ2) is 10.2. The molecule has 0 aliphatic carbocycles. The quantitative estimate of drug-likeness (QED) is 0.430. The Hall–Kier alpha value is -3.49. The van der Waals surface area contributed by atoms with Crippen molar-refractivity contribution in [3.63, 3.8) is 0 Å². The Morgan fingerprint density at radius 3 is 2.68 bits per heavy atom. The Morgan fingerprint density at radius 1 is 1.03 bits per heavy atom. The first-order chi connectivity index (χ1) is 16.6. The molecule has 0 bridgehead atoms. The molecule has 1 saturated heterocycles. The second-order valence-electron chi connectivity index (χ2n) is 8.65. The van der Waals surface area contributed by atoms with Crippen molar-refractivity contribution in [3.8, 4) is 11.5 Å². The van der Waals surface area contributed by atoms with Gasteiger partial charge in [-0.3, -0.25) is 9.69 Å². The lowest BCUT2D eigenvalue weighted by Gasteiger charge is -2.26. The summed E-state index contributed by atoms with van der Waals surface area (Å²) in [4.78, 5) is 14.9. The first-order valence-electron chi connectivity index (χ1n) is 11.7. The SMILES string of the molecule is Cc1ccc(-c2nnc(CCC(=O)Nc3ccc4c(ccn4CCN4CCOCC4)c3)o2)cc1. The van der Waals surface area contributed by atoms with Crippen LogP contribution in [0.15, 0.2) is 59.1 Å². The first kappa shape index (κ1) is 22.3. The number of anilines is 1. The summed E-state index contributed by atoms with van der Waals surface area (Å²) in [5.41, 5.74) is 4.00. The monoisotopic (exact) mass is 459 g/mol. The molecule has 4 aromatic rings. The number of rotatable bonds is 8. The molecule has 5 rings (SSSR count). The number of aromatic nitrogens is 3. The van der Waals surface area contributed by atoms with Gasteiger partial charge in [0, 0.05) is 67.4 Å². The molecule has 8 heteroatoms. The molecule has 1 fully saturated rings. The predicted molar refractivity (Wildman–Crippen MR) is 131 cm³/mol. The lowest BCUT2D eigenvalue weighted by atomic mass is 10.1. The molecule has 2 aromatic heterocycles. The molecule has 1 amide bonds. The van der Waals surface area contributed by atoms with Crippen molar-refractivity contribution in [3.05, 3.63) is 66.2 Å². The highest BCUT2D eigenvalue weighted by Gasteiger charge is 2.13. The summed E-state index contributed by atoms with van der Waals surface area (Å²) < 4.78 is 13.4. The van der Waals surface area contributed by atoms with Gasteiger partial charge >= 0.3 is 0 Å². The van der Waals surface area contributed by atoms with Crippen LogP contribution in [-0.4, -0.2) is 58.4 Å². The van der Waals surface area contributed by atoms with Gasteiger partial charge < -0.3 is 19.0 Å². The minimum absolute atomic E-state index is 0.0822. The summed E-state index contributed by atoms with van der Waals surface area (Å²) in [5, 5.41) is 12.3. The molecule has 1 N–H and O–H groups in total. The zero-order valence-electron chi connectivity index (χ0n) is 19.4.